The Labute approximate surface area is 83.1 Å². The number of nitrogens with zero attached hydrogens (tertiary/aromatic N) is 3. The normalized spacial score (nSPS) is 16.4. The van der Waals surface area contributed by atoms with E-state index in [1.807, 2.05) is 0 Å². The van der Waals surface area contributed by atoms with Gasteiger partial charge in [0.2, 0.25) is 0 Å². The second-order valence-electron chi connectivity index (χ2n) is 3.23. The van der Waals surface area contributed by atoms with Gasteiger partial charge in [0.1, 0.15) is 5.82 Å². The van der Waals surface area contributed by atoms with Gasteiger partial charge >= 0.3 is 0 Å². The van der Waals surface area contributed by atoms with Crippen molar-refractivity contribution in [3.63, 3.8) is 0 Å². The topological polar surface area (TPSA) is 48.8 Å². The van der Waals surface area contributed by atoms with Crippen LogP contribution in [0.15, 0.2) is 29.4 Å². The van der Waals surface area contributed by atoms with Crippen molar-refractivity contribution in [1.29, 1.82) is 0 Å². The van der Waals surface area contributed by atoms with Crippen molar-refractivity contribution in [1.82, 2.24) is 0 Å². The number of rotatable bonds is 2. The highest BCUT2D eigenvalue weighted by atomic mass is 19.1. The maximum atomic E-state index is 12.8. The number of hydrogen-bond donors (Lipinski definition) is 0. The molecule has 3 radical (unpaired) electrons. The predicted octanol–water partition coefficient (Wildman–Crippen LogP) is 2.74. The van der Waals surface area contributed by atoms with Gasteiger partial charge in [-0.1, -0.05) is 17.2 Å². The first-order valence-electron chi connectivity index (χ1n) is 4.09. The van der Waals surface area contributed by atoms with Gasteiger partial charge in [-0.05, 0) is 36.1 Å². The van der Waals surface area contributed by atoms with Gasteiger partial charge in [0, 0.05) is 13.3 Å². The molecule has 69 valence electrons. The van der Waals surface area contributed by atoms with Gasteiger partial charge in [-0.15, -0.1) is 0 Å². The summed E-state index contributed by atoms with van der Waals surface area (Å²) in [4.78, 5) is 2.78. The molecule has 0 spiro atoms. The first-order chi connectivity index (χ1) is 6.27. The van der Waals surface area contributed by atoms with E-state index in [0.29, 0.717) is 0 Å². The van der Waals surface area contributed by atoms with E-state index in [9.17, 15) is 4.39 Å². The molecule has 0 unspecified atom stereocenters. The van der Waals surface area contributed by atoms with E-state index in [1.165, 1.54) is 12.1 Å². The highest BCUT2D eigenvalue weighted by Crippen LogP contribution is 2.49. The first kappa shape index (κ1) is 10.6. The minimum absolute atomic E-state index is 0. The van der Waals surface area contributed by atoms with E-state index in [0.717, 1.165) is 18.4 Å². The highest BCUT2D eigenvalue weighted by Gasteiger charge is 2.43. The third kappa shape index (κ3) is 1.73. The number of halogens is 1. The third-order valence-electron chi connectivity index (χ3n) is 2.32. The van der Waals surface area contributed by atoms with Gasteiger partial charge in [0.05, 0.1) is 5.54 Å². The molecule has 0 bridgehead atoms. The predicted molar refractivity (Wildman–Crippen MR) is 52.2 cm³/mol. The summed E-state index contributed by atoms with van der Waals surface area (Å²) >= 11 is 0. The monoisotopic (exact) mass is 188 g/mol. The van der Waals surface area contributed by atoms with E-state index >= 15 is 0 Å². The molecule has 0 saturated heterocycles. The minimum Gasteiger partial charge on any atom is -0.207 e. The van der Waals surface area contributed by atoms with Crippen molar-refractivity contribution in [3.05, 3.63) is 46.1 Å². The lowest BCUT2D eigenvalue weighted by Crippen LogP contribution is -2.00. The second kappa shape index (κ2) is 3.72. The SMILES string of the molecule is [B].[N-]=[N+]=NC1(c2cccc(F)c2)CC1. The smallest absolute Gasteiger partial charge is 0.123 e. The van der Waals surface area contributed by atoms with Gasteiger partial charge in [-0.25, -0.2) is 4.39 Å². The molecule has 0 aliphatic heterocycles. The Morgan fingerprint density at radius 1 is 1.43 bits per heavy atom. The average Bonchev–Trinajstić information content (AvgIpc) is 2.86. The summed E-state index contributed by atoms with van der Waals surface area (Å²) in [6, 6.07) is 6.25. The zero-order valence-corrected chi connectivity index (χ0v) is 7.52. The Morgan fingerprint density at radius 2 is 2.14 bits per heavy atom. The number of benzene rings is 1. The summed E-state index contributed by atoms with van der Waals surface area (Å²) in [5.41, 5.74) is 8.67. The van der Waals surface area contributed by atoms with E-state index in [4.69, 9.17) is 5.53 Å². The Bertz CT molecular complexity index is 383. The van der Waals surface area contributed by atoms with Crippen LogP contribution in [0.4, 0.5) is 4.39 Å². The maximum Gasteiger partial charge on any atom is 0.123 e. The van der Waals surface area contributed by atoms with Gasteiger partial charge in [0.15, 0.2) is 0 Å². The van der Waals surface area contributed by atoms with Crippen LogP contribution in [-0.4, -0.2) is 8.41 Å². The molecule has 1 saturated carbocycles. The molecule has 1 aliphatic carbocycles. The summed E-state index contributed by atoms with van der Waals surface area (Å²) in [6.45, 7) is 0. The van der Waals surface area contributed by atoms with Crippen LogP contribution in [0.25, 0.3) is 10.4 Å². The van der Waals surface area contributed by atoms with Crippen LogP contribution in [-0.2, 0) is 5.54 Å². The minimum atomic E-state index is -0.448. The van der Waals surface area contributed by atoms with Crippen molar-refractivity contribution in [3.8, 4) is 0 Å². The molecule has 14 heavy (non-hydrogen) atoms. The van der Waals surface area contributed by atoms with Crippen molar-refractivity contribution in [2.75, 3.05) is 0 Å². The van der Waals surface area contributed by atoms with Crippen LogP contribution in [0.5, 0.6) is 0 Å². The largest absolute Gasteiger partial charge is 0.207 e. The Balaban J connectivity index is 0.000000980. The zero-order chi connectivity index (χ0) is 9.31. The molecular weight excluding hydrogens is 180 g/mol. The summed E-state index contributed by atoms with van der Waals surface area (Å²) in [7, 11) is 0. The molecule has 0 atom stereocenters. The molecule has 0 amide bonds. The Kier molecular flexibility index (Phi) is 2.82. The summed E-state index contributed by atoms with van der Waals surface area (Å²) in [5.74, 6) is -0.281. The fraction of sp³-hybridized carbons (Fsp3) is 0.333. The molecule has 0 aromatic heterocycles. The molecular formula is C9H8BFN3. The van der Waals surface area contributed by atoms with Crippen LogP contribution in [0.2, 0.25) is 0 Å². The number of azide groups is 1. The molecule has 1 aromatic carbocycles. The lowest BCUT2D eigenvalue weighted by Gasteiger charge is -2.07. The Morgan fingerprint density at radius 3 is 2.64 bits per heavy atom. The molecule has 1 aliphatic rings. The second-order valence-corrected chi connectivity index (χ2v) is 3.23. The van der Waals surface area contributed by atoms with Gasteiger partial charge in [0.25, 0.3) is 0 Å². The summed E-state index contributed by atoms with van der Waals surface area (Å²) in [5, 5.41) is 3.69. The molecule has 2 rings (SSSR count). The number of hydrogen-bond acceptors (Lipinski definition) is 1. The zero-order valence-electron chi connectivity index (χ0n) is 7.52. The molecule has 5 heteroatoms. The van der Waals surface area contributed by atoms with Crippen LogP contribution in [0.3, 0.4) is 0 Å². The van der Waals surface area contributed by atoms with Crippen LogP contribution in [0.1, 0.15) is 18.4 Å². The van der Waals surface area contributed by atoms with Crippen LogP contribution in [0, 0.1) is 5.82 Å². The molecule has 3 nitrogen and oxygen atoms in total. The molecule has 0 heterocycles. The highest BCUT2D eigenvalue weighted by molar-refractivity contribution is 5.75. The average molecular weight is 188 g/mol. The fourth-order valence-corrected chi connectivity index (χ4v) is 1.43. The van der Waals surface area contributed by atoms with E-state index in [2.05, 4.69) is 10.0 Å². The summed E-state index contributed by atoms with van der Waals surface area (Å²) in [6.07, 6.45) is 1.64. The van der Waals surface area contributed by atoms with Gasteiger partial charge in [-0.3, -0.25) is 0 Å². The van der Waals surface area contributed by atoms with E-state index < -0.39 is 5.54 Å². The fourth-order valence-electron chi connectivity index (χ4n) is 1.43. The maximum absolute atomic E-state index is 12.8. The van der Waals surface area contributed by atoms with Crippen molar-refractivity contribution in [2.24, 2.45) is 5.11 Å². The van der Waals surface area contributed by atoms with E-state index in [-0.39, 0.29) is 14.2 Å². The van der Waals surface area contributed by atoms with Gasteiger partial charge in [-0.2, -0.15) is 0 Å². The quantitative estimate of drug-likeness (QED) is 0.296. The van der Waals surface area contributed by atoms with Crippen LogP contribution >= 0.6 is 0 Å². The first-order valence-corrected chi connectivity index (χ1v) is 4.09. The van der Waals surface area contributed by atoms with Gasteiger partial charge < -0.3 is 0 Å². The van der Waals surface area contributed by atoms with Crippen molar-refractivity contribution < 1.29 is 4.39 Å². The molecule has 1 aromatic rings. The third-order valence-corrected chi connectivity index (χ3v) is 2.32. The standard InChI is InChI=1S/C9H8FN3.B/c10-8-3-1-2-7(6-8)9(4-5-9)12-13-11;/h1-3,6H,4-5H2;. The van der Waals surface area contributed by atoms with Crippen LogP contribution < -0.4 is 0 Å². The Hall–Kier alpha value is -1.48. The van der Waals surface area contributed by atoms with Crippen molar-refractivity contribution >= 4 is 8.41 Å². The summed E-state index contributed by atoms with van der Waals surface area (Å²) < 4.78 is 12.8. The lowest BCUT2D eigenvalue weighted by molar-refractivity contribution is 0.618. The molecule has 1 fully saturated rings. The van der Waals surface area contributed by atoms with E-state index in [1.54, 1.807) is 12.1 Å². The van der Waals surface area contributed by atoms with Crippen molar-refractivity contribution in [2.45, 2.75) is 18.4 Å². The molecule has 0 N–H and O–H groups in total. The lowest BCUT2D eigenvalue weighted by atomic mass is 10.1.